The minimum absolute atomic E-state index is 0.0667. The van der Waals surface area contributed by atoms with Crippen LogP contribution in [0.5, 0.6) is 0 Å². The van der Waals surface area contributed by atoms with Gasteiger partial charge in [-0.1, -0.05) is 6.07 Å². The molecule has 2 amide bonds. The summed E-state index contributed by atoms with van der Waals surface area (Å²) in [6.45, 7) is 6.11. The van der Waals surface area contributed by atoms with Crippen LogP contribution in [-0.2, 0) is 9.59 Å². The van der Waals surface area contributed by atoms with Crippen LogP contribution in [0.1, 0.15) is 24.5 Å². The fraction of sp³-hybridized carbons (Fsp3) is 0.429. The average molecular weight is 246 g/mol. The minimum Gasteiger partial charge on any atom is -0.351 e. The SMILES string of the molecule is CC(=O)N[C@H]1CC(=O)N(c2ccc(C)c(C)c2)C1. The number of rotatable bonds is 2. The molecule has 4 heteroatoms. The molecule has 0 radical (unpaired) electrons. The summed E-state index contributed by atoms with van der Waals surface area (Å²) < 4.78 is 0. The van der Waals surface area contributed by atoms with Crippen molar-refractivity contribution in [2.75, 3.05) is 11.4 Å². The molecule has 1 fully saturated rings. The van der Waals surface area contributed by atoms with Crippen molar-refractivity contribution >= 4 is 17.5 Å². The first kappa shape index (κ1) is 12.6. The Balaban J connectivity index is 2.16. The van der Waals surface area contributed by atoms with E-state index in [1.165, 1.54) is 18.1 Å². The number of nitrogens with one attached hydrogen (secondary N) is 1. The Morgan fingerprint density at radius 3 is 2.67 bits per heavy atom. The number of carbonyl (C=O) groups excluding carboxylic acids is 2. The van der Waals surface area contributed by atoms with Crippen molar-refractivity contribution in [1.82, 2.24) is 5.32 Å². The lowest BCUT2D eigenvalue weighted by molar-refractivity contribution is -0.119. The third-order valence-corrected chi connectivity index (χ3v) is 3.33. The first-order chi connectivity index (χ1) is 8.47. The summed E-state index contributed by atoms with van der Waals surface area (Å²) in [4.78, 5) is 24.7. The molecule has 1 heterocycles. The molecule has 1 aliphatic heterocycles. The standard InChI is InChI=1S/C14H18N2O2/c1-9-4-5-13(6-10(9)2)16-8-12(7-14(16)18)15-11(3)17/h4-6,12H,7-8H2,1-3H3,(H,15,17)/t12-/m0/s1. The zero-order chi connectivity index (χ0) is 13.3. The van der Waals surface area contributed by atoms with Crippen molar-refractivity contribution in [3.63, 3.8) is 0 Å². The average Bonchev–Trinajstić information content (AvgIpc) is 2.62. The smallest absolute Gasteiger partial charge is 0.229 e. The maximum atomic E-state index is 11.9. The van der Waals surface area contributed by atoms with E-state index in [1.54, 1.807) is 4.90 Å². The minimum atomic E-state index is -0.0882. The van der Waals surface area contributed by atoms with Crippen molar-refractivity contribution < 1.29 is 9.59 Å². The van der Waals surface area contributed by atoms with Crippen molar-refractivity contribution in [1.29, 1.82) is 0 Å². The molecular weight excluding hydrogens is 228 g/mol. The normalized spacial score (nSPS) is 19.2. The summed E-state index contributed by atoms with van der Waals surface area (Å²) in [5, 5.41) is 2.80. The van der Waals surface area contributed by atoms with E-state index in [0.717, 1.165) is 5.69 Å². The molecule has 1 aromatic carbocycles. The summed E-state index contributed by atoms with van der Waals surface area (Å²) in [5.74, 6) is -0.0215. The number of hydrogen-bond acceptors (Lipinski definition) is 2. The van der Waals surface area contributed by atoms with Crippen molar-refractivity contribution in [2.24, 2.45) is 0 Å². The second-order valence-corrected chi connectivity index (χ2v) is 4.87. The first-order valence-electron chi connectivity index (χ1n) is 6.12. The Morgan fingerprint density at radius 2 is 2.06 bits per heavy atom. The number of benzene rings is 1. The fourth-order valence-electron chi connectivity index (χ4n) is 2.23. The molecule has 4 nitrogen and oxygen atoms in total. The fourth-order valence-corrected chi connectivity index (χ4v) is 2.23. The van der Waals surface area contributed by atoms with E-state index in [9.17, 15) is 9.59 Å². The van der Waals surface area contributed by atoms with Gasteiger partial charge in [0.15, 0.2) is 0 Å². The maximum Gasteiger partial charge on any atom is 0.229 e. The van der Waals surface area contributed by atoms with Crippen LogP contribution in [-0.4, -0.2) is 24.4 Å². The molecule has 0 bridgehead atoms. The maximum absolute atomic E-state index is 11.9. The summed E-state index contributed by atoms with van der Waals surface area (Å²) >= 11 is 0. The third kappa shape index (κ3) is 2.53. The van der Waals surface area contributed by atoms with E-state index >= 15 is 0 Å². The van der Waals surface area contributed by atoms with Gasteiger partial charge in [0, 0.05) is 25.6 Å². The molecule has 1 atom stereocenters. The van der Waals surface area contributed by atoms with E-state index in [1.807, 2.05) is 32.0 Å². The summed E-state index contributed by atoms with van der Waals surface area (Å²) in [6, 6.07) is 5.92. The van der Waals surface area contributed by atoms with Crippen molar-refractivity contribution in [3.05, 3.63) is 29.3 Å². The van der Waals surface area contributed by atoms with E-state index in [-0.39, 0.29) is 17.9 Å². The second kappa shape index (κ2) is 4.80. The van der Waals surface area contributed by atoms with Gasteiger partial charge in [-0.25, -0.2) is 0 Å². The zero-order valence-corrected chi connectivity index (χ0v) is 11.0. The van der Waals surface area contributed by atoms with E-state index in [2.05, 4.69) is 5.32 Å². The van der Waals surface area contributed by atoms with Gasteiger partial charge in [0.2, 0.25) is 11.8 Å². The van der Waals surface area contributed by atoms with Crippen LogP contribution in [0.4, 0.5) is 5.69 Å². The molecule has 1 aliphatic rings. The lowest BCUT2D eigenvalue weighted by atomic mass is 10.1. The molecule has 0 spiro atoms. The highest BCUT2D eigenvalue weighted by atomic mass is 16.2. The third-order valence-electron chi connectivity index (χ3n) is 3.33. The van der Waals surface area contributed by atoms with Crippen molar-refractivity contribution in [2.45, 2.75) is 33.2 Å². The largest absolute Gasteiger partial charge is 0.351 e. The number of amides is 2. The Kier molecular flexibility index (Phi) is 3.36. The van der Waals surface area contributed by atoms with Crippen LogP contribution in [0.3, 0.4) is 0 Å². The number of hydrogen-bond donors (Lipinski definition) is 1. The zero-order valence-electron chi connectivity index (χ0n) is 11.0. The molecule has 1 saturated heterocycles. The second-order valence-electron chi connectivity index (χ2n) is 4.87. The van der Waals surface area contributed by atoms with E-state index < -0.39 is 0 Å². The first-order valence-corrected chi connectivity index (χ1v) is 6.12. The molecular formula is C14H18N2O2. The molecule has 1 aromatic rings. The van der Waals surface area contributed by atoms with Crippen LogP contribution < -0.4 is 10.2 Å². The molecule has 0 saturated carbocycles. The van der Waals surface area contributed by atoms with Crippen LogP contribution in [0, 0.1) is 13.8 Å². The Hall–Kier alpha value is -1.84. The van der Waals surface area contributed by atoms with Gasteiger partial charge < -0.3 is 10.2 Å². The summed E-state index contributed by atoms with van der Waals surface area (Å²) in [5.41, 5.74) is 3.29. The molecule has 2 rings (SSSR count). The number of anilines is 1. The van der Waals surface area contributed by atoms with Gasteiger partial charge in [-0.2, -0.15) is 0 Å². The van der Waals surface area contributed by atoms with Gasteiger partial charge in [0.1, 0.15) is 0 Å². The van der Waals surface area contributed by atoms with Gasteiger partial charge in [-0.05, 0) is 37.1 Å². The summed E-state index contributed by atoms with van der Waals surface area (Å²) in [7, 11) is 0. The van der Waals surface area contributed by atoms with Crippen LogP contribution in [0.15, 0.2) is 18.2 Å². The van der Waals surface area contributed by atoms with Crippen molar-refractivity contribution in [3.8, 4) is 0 Å². The highest BCUT2D eigenvalue weighted by Gasteiger charge is 2.30. The molecule has 18 heavy (non-hydrogen) atoms. The Bertz CT molecular complexity index is 497. The van der Waals surface area contributed by atoms with Crippen LogP contribution in [0.25, 0.3) is 0 Å². The van der Waals surface area contributed by atoms with Crippen LogP contribution in [0.2, 0.25) is 0 Å². The molecule has 0 aliphatic carbocycles. The van der Waals surface area contributed by atoms with Gasteiger partial charge in [0.25, 0.3) is 0 Å². The highest BCUT2D eigenvalue weighted by molar-refractivity contribution is 5.96. The predicted octanol–water partition coefficient (Wildman–Crippen LogP) is 1.54. The monoisotopic (exact) mass is 246 g/mol. The van der Waals surface area contributed by atoms with Gasteiger partial charge in [-0.3, -0.25) is 9.59 Å². The van der Waals surface area contributed by atoms with E-state index in [0.29, 0.717) is 13.0 Å². The highest BCUT2D eigenvalue weighted by Crippen LogP contribution is 2.23. The van der Waals surface area contributed by atoms with Crippen LogP contribution >= 0.6 is 0 Å². The Morgan fingerprint density at radius 1 is 1.33 bits per heavy atom. The van der Waals surface area contributed by atoms with Gasteiger partial charge >= 0.3 is 0 Å². The van der Waals surface area contributed by atoms with Gasteiger partial charge in [0.05, 0.1) is 6.04 Å². The van der Waals surface area contributed by atoms with E-state index in [4.69, 9.17) is 0 Å². The lowest BCUT2D eigenvalue weighted by Crippen LogP contribution is -2.35. The quantitative estimate of drug-likeness (QED) is 0.860. The lowest BCUT2D eigenvalue weighted by Gasteiger charge is -2.18. The number of carbonyl (C=O) groups is 2. The summed E-state index contributed by atoms with van der Waals surface area (Å²) in [6.07, 6.45) is 0.381. The van der Waals surface area contributed by atoms with Gasteiger partial charge in [-0.15, -0.1) is 0 Å². The molecule has 0 aromatic heterocycles. The number of aryl methyl sites for hydroxylation is 2. The number of nitrogens with zero attached hydrogens (tertiary/aromatic N) is 1. The molecule has 0 unspecified atom stereocenters. The topological polar surface area (TPSA) is 49.4 Å². The molecule has 96 valence electrons. The predicted molar refractivity (Wildman–Crippen MR) is 70.5 cm³/mol. The molecule has 1 N–H and O–H groups in total. The Labute approximate surface area is 107 Å².